The number of carbonyl (C=O) groups excluding carboxylic acids is 1. The fourth-order valence-corrected chi connectivity index (χ4v) is 0.838. The predicted octanol–water partition coefficient (Wildman–Crippen LogP) is 1.38. The molecule has 1 aliphatic carbocycles. The van der Waals surface area contributed by atoms with Gasteiger partial charge in [0.15, 0.2) is 0 Å². The lowest BCUT2D eigenvalue weighted by Crippen LogP contribution is -2.11. The average Bonchev–Trinajstić information content (AvgIpc) is 2.71. The Labute approximate surface area is 66.8 Å². The maximum atomic E-state index is 10.5. The minimum absolute atomic E-state index is 0.394. The zero-order valence-corrected chi connectivity index (χ0v) is 6.55. The van der Waals surface area contributed by atoms with Crippen LogP contribution < -0.4 is 5.73 Å². The Morgan fingerprint density at radius 1 is 1.64 bits per heavy atom. The van der Waals surface area contributed by atoms with Gasteiger partial charge in [0.2, 0.25) is 5.91 Å². The molecule has 0 bridgehead atoms. The summed E-state index contributed by atoms with van der Waals surface area (Å²) >= 11 is 0. The van der Waals surface area contributed by atoms with E-state index in [1.807, 2.05) is 6.08 Å². The van der Waals surface area contributed by atoms with Crippen LogP contribution in [0.15, 0.2) is 24.3 Å². The van der Waals surface area contributed by atoms with E-state index in [-0.39, 0.29) is 0 Å². The highest BCUT2D eigenvalue weighted by atomic mass is 16.1. The highest BCUT2D eigenvalue weighted by molar-refractivity contribution is 5.93. The molecular weight excluding hydrogens is 138 g/mol. The molecule has 0 aliphatic heterocycles. The summed E-state index contributed by atoms with van der Waals surface area (Å²) in [6.45, 7) is 3.51. The summed E-state index contributed by atoms with van der Waals surface area (Å²) in [5.41, 5.74) is 5.37. The number of carbonyl (C=O) groups is 1. The Morgan fingerprint density at radius 2 is 2.27 bits per heavy atom. The van der Waals surface area contributed by atoms with Gasteiger partial charge in [-0.2, -0.15) is 0 Å². The largest absolute Gasteiger partial charge is 0.366 e. The molecular formula is C9H13NO. The normalized spacial score (nSPS) is 17.1. The van der Waals surface area contributed by atoms with Crippen molar-refractivity contribution >= 4 is 5.91 Å². The van der Waals surface area contributed by atoms with Gasteiger partial charge >= 0.3 is 0 Å². The molecule has 0 atom stereocenters. The second-order valence-corrected chi connectivity index (χ2v) is 2.97. The number of allylic oxidation sites excluding steroid dienone is 1. The van der Waals surface area contributed by atoms with Crippen molar-refractivity contribution in [2.45, 2.75) is 19.3 Å². The third-order valence-corrected chi connectivity index (χ3v) is 1.80. The van der Waals surface area contributed by atoms with Crippen molar-refractivity contribution in [2.24, 2.45) is 11.7 Å². The molecule has 1 rings (SSSR count). The molecule has 2 nitrogen and oxygen atoms in total. The summed E-state index contributed by atoms with van der Waals surface area (Å²) in [5.74, 6) is 0.420. The first-order valence-electron chi connectivity index (χ1n) is 3.85. The minimum Gasteiger partial charge on any atom is -0.366 e. The quantitative estimate of drug-likeness (QED) is 0.478. The van der Waals surface area contributed by atoms with Gasteiger partial charge in [0, 0.05) is 5.57 Å². The molecule has 0 aromatic rings. The second kappa shape index (κ2) is 3.37. The first kappa shape index (κ1) is 8.05. The Bertz CT molecular complexity index is 202. The molecule has 0 saturated heterocycles. The van der Waals surface area contributed by atoms with Crippen molar-refractivity contribution in [3.05, 3.63) is 24.3 Å². The van der Waals surface area contributed by atoms with E-state index >= 15 is 0 Å². The lowest BCUT2D eigenvalue weighted by molar-refractivity contribution is -0.114. The van der Waals surface area contributed by atoms with E-state index in [1.54, 1.807) is 6.08 Å². The van der Waals surface area contributed by atoms with Crippen LogP contribution >= 0.6 is 0 Å². The molecule has 0 radical (unpaired) electrons. The average molecular weight is 151 g/mol. The van der Waals surface area contributed by atoms with Crippen molar-refractivity contribution in [2.75, 3.05) is 0 Å². The molecule has 0 heterocycles. The smallest absolute Gasteiger partial charge is 0.248 e. The summed E-state index contributed by atoms with van der Waals surface area (Å²) in [5, 5.41) is 0. The summed E-state index contributed by atoms with van der Waals surface area (Å²) in [7, 11) is 0. The highest BCUT2D eigenvalue weighted by Crippen LogP contribution is 2.32. The van der Waals surface area contributed by atoms with E-state index in [4.69, 9.17) is 5.73 Å². The van der Waals surface area contributed by atoms with Gasteiger partial charge in [0.1, 0.15) is 0 Å². The number of nitrogens with two attached hydrogens (primary N) is 1. The maximum absolute atomic E-state index is 10.5. The molecule has 1 amide bonds. The number of hydrogen-bond donors (Lipinski definition) is 1. The van der Waals surface area contributed by atoms with Gasteiger partial charge < -0.3 is 5.73 Å². The zero-order valence-electron chi connectivity index (χ0n) is 6.55. The van der Waals surface area contributed by atoms with E-state index in [2.05, 4.69) is 6.58 Å². The van der Waals surface area contributed by atoms with E-state index < -0.39 is 5.91 Å². The Hall–Kier alpha value is -1.05. The van der Waals surface area contributed by atoms with Crippen LogP contribution in [0.3, 0.4) is 0 Å². The summed E-state index contributed by atoms with van der Waals surface area (Å²) < 4.78 is 0. The number of amides is 1. The third kappa shape index (κ3) is 3.03. The number of primary amides is 1. The van der Waals surface area contributed by atoms with Crippen molar-refractivity contribution in [3.63, 3.8) is 0 Å². The van der Waals surface area contributed by atoms with E-state index in [1.165, 1.54) is 12.8 Å². The standard InChI is InChI=1S/C9H13NO/c1-7(9(10)11)3-2-4-8-5-6-8/h2-3,8H,1,4-6H2,(H2,10,11)/b3-2+. The topological polar surface area (TPSA) is 43.1 Å². The Balaban J connectivity index is 2.21. The number of rotatable bonds is 4. The van der Waals surface area contributed by atoms with Gasteiger partial charge in [-0.1, -0.05) is 18.7 Å². The van der Waals surface area contributed by atoms with E-state index in [9.17, 15) is 4.79 Å². The van der Waals surface area contributed by atoms with Gasteiger partial charge in [0.05, 0.1) is 0 Å². The van der Waals surface area contributed by atoms with Crippen LogP contribution in [0.25, 0.3) is 0 Å². The monoisotopic (exact) mass is 151 g/mol. The molecule has 0 unspecified atom stereocenters. The third-order valence-electron chi connectivity index (χ3n) is 1.80. The Morgan fingerprint density at radius 3 is 2.73 bits per heavy atom. The molecule has 0 aromatic carbocycles. The van der Waals surface area contributed by atoms with Gasteiger partial charge in [-0.25, -0.2) is 0 Å². The van der Waals surface area contributed by atoms with Crippen LogP contribution in [0, 0.1) is 5.92 Å². The molecule has 1 saturated carbocycles. The minimum atomic E-state index is -0.433. The number of hydrogen-bond acceptors (Lipinski definition) is 1. The summed E-state index contributed by atoms with van der Waals surface area (Å²) in [6, 6.07) is 0. The van der Waals surface area contributed by atoms with Gasteiger partial charge in [-0.05, 0) is 25.2 Å². The first-order valence-corrected chi connectivity index (χ1v) is 3.85. The van der Waals surface area contributed by atoms with Crippen LogP contribution in [-0.4, -0.2) is 5.91 Å². The summed E-state index contributed by atoms with van der Waals surface area (Å²) in [4.78, 5) is 10.5. The van der Waals surface area contributed by atoms with Gasteiger partial charge in [-0.15, -0.1) is 0 Å². The summed E-state index contributed by atoms with van der Waals surface area (Å²) in [6.07, 6.45) is 7.40. The van der Waals surface area contributed by atoms with Crippen LogP contribution in [0.4, 0.5) is 0 Å². The zero-order chi connectivity index (χ0) is 8.27. The van der Waals surface area contributed by atoms with E-state index in [0.29, 0.717) is 5.57 Å². The predicted molar refractivity (Wildman–Crippen MR) is 44.8 cm³/mol. The molecule has 2 heteroatoms. The van der Waals surface area contributed by atoms with Crippen molar-refractivity contribution in [1.29, 1.82) is 0 Å². The van der Waals surface area contributed by atoms with Crippen molar-refractivity contribution in [3.8, 4) is 0 Å². The SMILES string of the molecule is C=C(/C=C/CC1CC1)C(N)=O. The van der Waals surface area contributed by atoms with Crippen LogP contribution in [-0.2, 0) is 4.79 Å². The molecule has 0 spiro atoms. The lowest BCUT2D eigenvalue weighted by atomic mass is 10.2. The van der Waals surface area contributed by atoms with Crippen LogP contribution in [0.1, 0.15) is 19.3 Å². The second-order valence-electron chi connectivity index (χ2n) is 2.97. The van der Waals surface area contributed by atoms with Gasteiger partial charge in [-0.3, -0.25) is 4.79 Å². The molecule has 1 aliphatic rings. The van der Waals surface area contributed by atoms with Crippen molar-refractivity contribution in [1.82, 2.24) is 0 Å². The molecule has 0 aromatic heterocycles. The van der Waals surface area contributed by atoms with Crippen LogP contribution in [0.2, 0.25) is 0 Å². The molecule has 1 fully saturated rings. The molecule has 2 N–H and O–H groups in total. The fourth-order valence-electron chi connectivity index (χ4n) is 0.838. The van der Waals surface area contributed by atoms with Gasteiger partial charge in [0.25, 0.3) is 0 Å². The first-order chi connectivity index (χ1) is 5.20. The van der Waals surface area contributed by atoms with Crippen LogP contribution in [0.5, 0.6) is 0 Å². The molecule has 60 valence electrons. The van der Waals surface area contributed by atoms with Crippen molar-refractivity contribution < 1.29 is 4.79 Å². The van der Waals surface area contributed by atoms with E-state index in [0.717, 1.165) is 12.3 Å². The maximum Gasteiger partial charge on any atom is 0.248 e. The fraction of sp³-hybridized carbons (Fsp3) is 0.444. The lowest BCUT2D eigenvalue weighted by Gasteiger charge is -1.90. The highest BCUT2D eigenvalue weighted by Gasteiger charge is 2.18. The Kier molecular flexibility index (Phi) is 2.47. The molecule has 11 heavy (non-hydrogen) atoms.